The van der Waals surface area contributed by atoms with Gasteiger partial charge in [-0.1, -0.05) is 18.2 Å². The Bertz CT molecular complexity index is 424. The van der Waals surface area contributed by atoms with E-state index in [9.17, 15) is 4.79 Å². The molecule has 0 radical (unpaired) electrons. The maximum Gasteiger partial charge on any atom is 0.426 e. The number of hydrogen-bond donors (Lipinski definition) is 1. The molecule has 1 amide bonds. The van der Waals surface area contributed by atoms with Crippen molar-refractivity contribution in [3.63, 3.8) is 0 Å². The lowest BCUT2D eigenvalue weighted by Crippen LogP contribution is -2.44. The van der Waals surface area contributed by atoms with E-state index in [1.807, 2.05) is 44.0 Å². The highest BCUT2D eigenvalue weighted by atomic mass is 16.6. The third kappa shape index (κ3) is 2.90. The fourth-order valence-corrected chi connectivity index (χ4v) is 1.87. The van der Waals surface area contributed by atoms with Gasteiger partial charge in [0, 0.05) is 6.54 Å². The van der Waals surface area contributed by atoms with Gasteiger partial charge < -0.3 is 4.74 Å². The fraction of sp³-hybridized carbons (Fsp3) is 0.462. The van der Waals surface area contributed by atoms with Crippen molar-refractivity contribution in [2.75, 3.05) is 11.6 Å². The van der Waals surface area contributed by atoms with E-state index >= 15 is 0 Å². The van der Waals surface area contributed by atoms with Crippen LogP contribution in [0, 0.1) is 0 Å². The summed E-state index contributed by atoms with van der Waals surface area (Å²) < 4.78 is 5.22. The molecule has 1 aromatic carbocycles. The number of rotatable bonds is 1. The molecule has 4 heteroatoms. The van der Waals surface area contributed by atoms with E-state index in [0.717, 1.165) is 18.7 Å². The van der Waals surface area contributed by atoms with E-state index in [1.165, 1.54) is 5.56 Å². The van der Waals surface area contributed by atoms with Crippen LogP contribution < -0.4 is 10.4 Å². The van der Waals surface area contributed by atoms with Crippen molar-refractivity contribution < 1.29 is 9.53 Å². The summed E-state index contributed by atoms with van der Waals surface area (Å²) in [6, 6.07) is 8.05. The van der Waals surface area contributed by atoms with Crippen LogP contribution in [0.1, 0.15) is 26.3 Å². The predicted octanol–water partition coefficient (Wildman–Crippen LogP) is 2.49. The maximum atomic E-state index is 11.6. The van der Waals surface area contributed by atoms with Gasteiger partial charge in [0.2, 0.25) is 0 Å². The first-order valence-electron chi connectivity index (χ1n) is 5.81. The summed E-state index contributed by atoms with van der Waals surface area (Å²) in [6.45, 7) is 6.35. The number of hydrogen-bond acceptors (Lipinski definition) is 3. The minimum atomic E-state index is -0.469. The SMILES string of the molecule is CC(C)(C)OC(=O)NN1CCc2ccccc21. The standard InChI is InChI=1S/C13H18N2O2/c1-13(2,3)17-12(16)14-15-9-8-10-6-4-5-7-11(10)15/h4-7H,8-9H2,1-3H3,(H,14,16). The first kappa shape index (κ1) is 11.8. The van der Waals surface area contributed by atoms with Crippen molar-refractivity contribution in [3.05, 3.63) is 29.8 Å². The van der Waals surface area contributed by atoms with E-state index in [2.05, 4.69) is 11.5 Å². The molecule has 1 aromatic rings. The van der Waals surface area contributed by atoms with Crippen molar-refractivity contribution >= 4 is 11.8 Å². The number of benzene rings is 1. The van der Waals surface area contributed by atoms with Crippen LogP contribution in [0.2, 0.25) is 0 Å². The third-order valence-corrected chi connectivity index (χ3v) is 2.51. The Labute approximate surface area is 102 Å². The largest absolute Gasteiger partial charge is 0.443 e. The number of carbonyl (C=O) groups excluding carboxylic acids is 1. The van der Waals surface area contributed by atoms with Crippen LogP contribution in [0.5, 0.6) is 0 Å². The minimum Gasteiger partial charge on any atom is -0.443 e. The normalized spacial score (nSPS) is 14.4. The number of para-hydroxylation sites is 1. The molecular formula is C13H18N2O2. The molecule has 1 heterocycles. The predicted molar refractivity (Wildman–Crippen MR) is 66.9 cm³/mol. The summed E-state index contributed by atoms with van der Waals surface area (Å²) in [5, 5.41) is 1.84. The Hall–Kier alpha value is -1.71. The summed E-state index contributed by atoms with van der Waals surface area (Å²) in [5.74, 6) is 0. The monoisotopic (exact) mass is 234 g/mol. The molecule has 1 aliphatic heterocycles. The van der Waals surface area contributed by atoms with Crippen LogP contribution in [0.15, 0.2) is 24.3 Å². The van der Waals surface area contributed by atoms with Crippen LogP contribution >= 0.6 is 0 Å². The van der Waals surface area contributed by atoms with Gasteiger partial charge in [-0.15, -0.1) is 0 Å². The zero-order valence-electron chi connectivity index (χ0n) is 10.5. The molecule has 92 valence electrons. The fourth-order valence-electron chi connectivity index (χ4n) is 1.87. The summed E-state index contributed by atoms with van der Waals surface area (Å²) in [5.41, 5.74) is 4.60. The molecule has 0 bridgehead atoms. The molecule has 0 aromatic heterocycles. The Kier molecular flexibility index (Phi) is 2.96. The smallest absolute Gasteiger partial charge is 0.426 e. The molecule has 4 nitrogen and oxygen atoms in total. The molecule has 0 aliphatic carbocycles. The van der Waals surface area contributed by atoms with Gasteiger partial charge in [0.25, 0.3) is 0 Å². The molecule has 1 aliphatic rings. The zero-order valence-corrected chi connectivity index (χ0v) is 10.5. The third-order valence-electron chi connectivity index (χ3n) is 2.51. The maximum absolute atomic E-state index is 11.6. The van der Waals surface area contributed by atoms with E-state index < -0.39 is 11.7 Å². The summed E-state index contributed by atoms with van der Waals surface area (Å²) in [6.07, 6.45) is 0.542. The average molecular weight is 234 g/mol. The molecule has 17 heavy (non-hydrogen) atoms. The Morgan fingerprint density at radius 1 is 1.35 bits per heavy atom. The molecule has 2 rings (SSSR count). The van der Waals surface area contributed by atoms with E-state index in [-0.39, 0.29) is 0 Å². The summed E-state index contributed by atoms with van der Waals surface area (Å²) in [7, 11) is 0. The topological polar surface area (TPSA) is 41.6 Å². The summed E-state index contributed by atoms with van der Waals surface area (Å²) >= 11 is 0. The number of nitrogens with zero attached hydrogens (tertiary/aromatic N) is 1. The second-order valence-corrected chi connectivity index (χ2v) is 5.14. The van der Waals surface area contributed by atoms with Crippen molar-refractivity contribution in [1.29, 1.82) is 0 Å². The summed E-state index contributed by atoms with van der Waals surface area (Å²) in [4.78, 5) is 11.6. The molecule has 0 atom stereocenters. The average Bonchev–Trinajstić information content (AvgIpc) is 2.59. The highest BCUT2D eigenvalue weighted by Gasteiger charge is 2.22. The number of anilines is 1. The number of carbonyl (C=O) groups is 1. The highest BCUT2D eigenvalue weighted by molar-refractivity contribution is 5.72. The van der Waals surface area contributed by atoms with Crippen LogP contribution in [0.25, 0.3) is 0 Å². The van der Waals surface area contributed by atoms with Gasteiger partial charge in [0.15, 0.2) is 0 Å². The lowest BCUT2D eigenvalue weighted by molar-refractivity contribution is 0.0522. The van der Waals surface area contributed by atoms with E-state index in [0.29, 0.717) is 0 Å². The van der Waals surface area contributed by atoms with Gasteiger partial charge in [-0.2, -0.15) is 0 Å². The van der Waals surface area contributed by atoms with Crippen LogP contribution in [-0.4, -0.2) is 18.2 Å². The molecule has 1 N–H and O–H groups in total. The van der Waals surface area contributed by atoms with Gasteiger partial charge in [-0.25, -0.2) is 10.2 Å². The zero-order chi connectivity index (χ0) is 12.5. The first-order valence-corrected chi connectivity index (χ1v) is 5.81. The van der Waals surface area contributed by atoms with Crippen molar-refractivity contribution in [1.82, 2.24) is 5.43 Å². The minimum absolute atomic E-state index is 0.408. The van der Waals surface area contributed by atoms with Gasteiger partial charge in [0.05, 0.1) is 5.69 Å². The number of nitrogens with one attached hydrogen (secondary N) is 1. The second-order valence-electron chi connectivity index (χ2n) is 5.14. The lowest BCUT2D eigenvalue weighted by Gasteiger charge is -2.24. The number of ether oxygens (including phenoxy) is 1. The Morgan fingerprint density at radius 3 is 2.76 bits per heavy atom. The van der Waals surface area contributed by atoms with Crippen LogP contribution in [0.3, 0.4) is 0 Å². The van der Waals surface area contributed by atoms with Crippen LogP contribution in [0.4, 0.5) is 10.5 Å². The van der Waals surface area contributed by atoms with Crippen molar-refractivity contribution in [3.8, 4) is 0 Å². The van der Waals surface area contributed by atoms with Crippen molar-refractivity contribution in [2.45, 2.75) is 32.8 Å². The van der Waals surface area contributed by atoms with E-state index in [1.54, 1.807) is 0 Å². The van der Waals surface area contributed by atoms with Crippen molar-refractivity contribution in [2.24, 2.45) is 0 Å². The Morgan fingerprint density at radius 2 is 2.06 bits per heavy atom. The quantitative estimate of drug-likeness (QED) is 0.811. The second kappa shape index (κ2) is 4.28. The number of amides is 1. The van der Waals surface area contributed by atoms with Gasteiger partial charge in [-0.05, 0) is 38.8 Å². The van der Waals surface area contributed by atoms with Gasteiger partial charge >= 0.3 is 6.09 Å². The molecular weight excluding hydrogens is 216 g/mol. The Balaban J connectivity index is 2.00. The number of fused-ring (bicyclic) bond motifs is 1. The van der Waals surface area contributed by atoms with Gasteiger partial charge in [-0.3, -0.25) is 5.01 Å². The van der Waals surface area contributed by atoms with Crippen LogP contribution in [-0.2, 0) is 11.2 Å². The lowest BCUT2D eigenvalue weighted by atomic mass is 10.2. The van der Waals surface area contributed by atoms with Gasteiger partial charge in [0.1, 0.15) is 5.60 Å². The molecule has 0 saturated heterocycles. The first-order chi connectivity index (χ1) is 7.96. The molecule has 0 saturated carbocycles. The van der Waals surface area contributed by atoms with E-state index in [4.69, 9.17) is 4.74 Å². The molecule has 0 unspecified atom stereocenters. The number of hydrazine groups is 1. The highest BCUT2D eigenvalue weighted by Crippen LogP contribution is 2.25. The molecule has 0 fully saturated rings. The molecule has 0 spiro atoms.